The minimum atomic E-state index is -0.0182. The number of likely N-dealkylation sites (tertiary alicyclic amines) is 1. The third kappa shape index (κ3) is 3.81. The number of aliphatic hydroxyl groups is 2. The van der Waals surface area contributed by atoms with E-state index in [1.54, 1.807) is 24.3 Å². The van der Waals surface area contributed by atoms with Crippen LogP contribution in [0, 0.1) is 11.8 Å². The van der Waals surface area contributed by atoms with Crippen LogP contribution in [0.1, 0.15) is 15.9 Å². The molecular formula is C16H24N2O3. The standard InChI is InChI=1S/C16H24N2O3/c1-17(2)7-14-8-18(9-15(14)11-20)16(21)13-5-3-12(10-19)4-6-13/h3-6,14-15,19-20H,7-11H2,1-2H3/t14-,15-/m1/s1. The molecule has 1 amide bonds. The summed E-state index contributed by atoms with van der Waals surface area (Å²) in [6, 6.07) is 7.04. The van der Waals surface area contributed by atoms with E-state index in [1.165, 1.54) is 0 Å². The van der Waals surface area contributed by atoms with Gasteiger partial charge in [-0.1, -0.05) is 12.1 Å². The van der Waals surface area contributed by atoms with Crippen LogP contribution in [0.2, 0.25) is 0 Å². The highest BCUT2D eigenvalue weighted by Gasteiger charge is 2.35. The molecule has 0 radical (unpaired) electrons. The van der Waals surface area contributed by atoms with Crippen molar-refractivity contribution >= 4 is 5.91 Å². The minimum Gasteiger partial charge on any atom is -0.396 e. The van der Waals surface area contributed by atoms with Crippen molar-refractivity contribution in [2.75, 3.05) is 40.3 Å². The zero-order valence-corrected chi connectivity index (χ0v) is 12.7. The highest BCUT2D eigenvalue weighted by Crippen LogP contribution is 2.25. The number of amides is 1. The molecule has 5 heteroatoms. The average molecular weight is 292 g/mol. The van der Waals surface area contributed by atoms with E-state index >= 15 is 0 Å². The Morgan fingerprint density at radius 1 is 1.19 bits per heavy atom. The lowest BCUT2D eigenvalue weighted by Gasteiger charge is -2.20. The van der Waals surface area contributed by atoms with Crippen LogP contribution in [0.25, 0.3) is 0 Å². The van der Waals surface area contributed by atoms with E-state index in [0.29, 0.717) is 24.6 Å². The van der Waals surface area contributed by atoms with Crippen molar-refractivity contribution in [2.45, 2.75) is 6.61 Å². The van der Waals surface area contributed by atoms with Gasteiger partial charge < -0.3 is 20.0 Å². The fourth-order valence-electron chi connectivity index (χ4n) is 2.92. The third-order valence-corrected chi connectivity index (χ3v) is 4.08. The summed E-state index contributed by atoms with van der Waals surface area (Å²) >= 11 is 0. The van der Waals surface area contributed by atoms with Crippen molar-refractivity contribution in [3.8, 4) is 0 Å². The number of rotatable bonds is 5. The summed E-state index contributed by atoms with van der Waals surface area (Å²) in [5, 5.41) is 18.5. The molecule has 0 bridgehead atoms. The van der Waals surface area contributed by atoms with Crippen LogP contribution >= 0.6 is 0 Å². The van der Waals surface area contributed by atoms with E-state index in [9.17, 15) is 9.90 Å². The molecule has 1 fully saturated rings. The quantitative estimate of drug-likeness (QED) is 0.826. The van der Waals surface area contributed by atoms with Crippen LogP contribution in [0.5, 0.6) is 0 Å². The summed E-state index contributed by atoms with van der Waals surface area (Å²) in [5.74, 6) is 0.456. The molecule has 0 spiro atoms. The molecule has 1 saturated heterocycles. The lowest BCUT2D eigenvalue weighted by Crippen LogP contribution is -2.30. The predicted octanol–water partition coefficient (Wildman–Crippen LogP) is 0.421. The van der Waals surface area contributed by atoms with Gasteiger partial charge in [-0.3, -0.25) is 4.79 Å². The van der Waals surface area contributed by atoms with Gasteiger partial charge in [0, 0.05) is 37.7 Å². The van der Waals surface area contributed by atoms with Gasteiger partial charge in [0.15, 0.2) is 0 Å². The van der Waals surface area contributed by atoms with E-state index < -0.39 is 0 Å². The Bertz CT molecular complexity index is 473. The molecule has 1 heterocycles. The second-order valence-electron chi connectivity index (χ2n) is 6.03. The first-order chi connectivity index (χ1) is 10.0. The summed E-state index contributed by atoms with van der Waals surface area (Å²) in [4.78, 5) is 16.4. The maximum absolute atomic E-state index is 12.5. The van der Waals surface area contributed by atoms with E-state index in [2.05, 4.69) is 4.90 Å². The highest BCUT2D eigenvalue weighted by atomic mass is 16.3. The third-order valence-electron chi connectivity index (χ3n) is 4.08. The van der Waals surface area contributed by atoms with E-state index in [-0.39, 0.29) is 25.0 Å². The maximum atomic E-state index is 12.5. The second kappa shape index (κ2) is 7.02. The van der Waals surface area contributed by atoms with Crippen LogP contribution in [0.4, 0.5) is 0 Å². The Kier molecular flexibility index (Phi) is 5.33. The van der Waals surface area contributed by atoms with Crippen molar-refractivity contribution in [3.05, 3.63) is 35.4 Å². The zero-order valence-electron chi connectivity index (χ0n) is 12.7. The first-order valence-corrected chi connectivity index (χ1v) is 7.29. The van der Waals surface area contributed by atoms with Crippen LogP contribution in [-0.4, -0.2) is 66.3 Å². The summed E-state index contributed by atoms with van der Waals surface area (Å²) in [7, 11) is 4.01. The number of hydrogen-bond donors (Lipinski definition) is 2. The van der Waals surface area contributed by atoms with Gasteiger partial charge in [-0.25, -0.2) is 0 Å². The Balaban J connectivity index is 2.05. The normalized spacial score (nSPS) is 22.0. The van der Waals surface area contributed by atoms with Crippen molar-refractivity contribution in [1.82, 2.24) is 9.80 Å². The molecule has 2 atom stereocenters. The van der Waals surface area contributed by atoms with E-state index in [1.807, 2.05) is 19.0 Å². The van der Waals surface area contributed by atoms with Gasteiger partial charge in [-0.2, -0.15) is 0 Å². The molecule has 1 aromatic rings. The molecular weight excluding hydrogens is 268 g/mol. The van der Waals surface area contributed by atoms with Crippen molar-refractivity contribution in [3.63, 3.8) is 0 Å². The number of aliphatic hydroxyl groups excluding tert-OH is 2. The molecule has 1 aromatic carbocycles. The van der Waals surface area contributed by atoms with Crippen molar-refractivity contribution in [2.24, 2.45) is 11.8 Å². The maximum Gasteiger partial charge on any atom is 0.253 e. The van der Waals surface area contributed by atoms with Crippen LogP contribution in [0.15, 0.2) is 24.3 Å². The predicted molar refractivity (Wildman–Crippen MR) is 80.9 cm³/mol. The number of carbonyl (C=O) groups excluding carboxylic acids is 1. The van der Waals surface area contributed by atoms with Gasteiger partial charge in [0.25, 0.3) is 5.91 Å². The SMILES string of the molecule is CN(C)C[C@@H]1CN(C(=O)c2ccc(CO)cc2)C[C@@H]1CO. The molecule has 0 unspecified atom stereocenters. The Labute approximate surface area is 125 Å². The fraction of sp³-hybridized carbons (Fsp3) is 0.562. The second-order valence-corrected chi connectivity index (χ2v) is 6.03. The van der Waals surface area contributed by atoms with Gasteiger partial charge >= 0.3 is 0 Å². The zero-order chi connectivity index (χ0) is 15.4. The van der Waals surface area contributed by atoms with E-state index in [4.69, 9.17) is 5.11 Å². The summed E-state index contributed by atoms with van der Waals surface area (Å²) in [6.07, 6.45) is 0. The van der Waals surface area contributed by atoms with Gasteiger partial charge in [-0.05, 0) is 37.7 Å². The Morgan fingerprint density at radius 3 is 2.33 bits per heavy atom. The first-order valence-electron chi connectivity index (χ1n) is 7.29. The molecule has 5 nitrogen and oxygen atoms in total. The topological polar surface area (TPSA) is 64.0 Å². The van der Waals surface area contributed by atoms with Gasteiger partial charge in [-0.15, -0.1) is 0 Å². The number of benzene rings is 1. The van der Waals surface area contributed by atoms with Crippen molar-refractivity contribution < 1.29 is 15.0 Å². The lowest BCUT2D eigenvalue weighted by atomic mass is 9.97. The van der Waals surface area contributed by atoms with Crippen LogP contribution < -0.4 is 0 Å². The van der Waals surface area contributed by atoms with Gasteiger partial charge in [0.1, 0.15) is 0 Å². The largest absolute Gasteiger partial charge is 0.396 e. The van der Waals surface area contributed by atoms with Gasteiger partial charge in [0.05, 0.1) is 6.61 Å². The molecule has 1 aliphatic rings. The molecule has 0 aromatic heterocycles. The minimum absolute atomic E-state index is 0.000745. The summed E-state index contributed by atoms with van der Waals surface area (Å²) in [5.41, 5.74) is 1.43. The number of carbonyl (C=O) groups is 1. The smallest absolute Gasteiger partial charge is 0.253 e. The summed E-state index contributed by atoms with van der Waals surface area (Å²) < 4.78 is 0. The Morgan fingerprint density at radius 2 is 1.81 bits per heavy atom. The molecule has 2 rings (SSSR count). The number of nitrogens with zero attached hydrogens (tertiary/aromatic N) is 2. The summed E-state index contributed by atoms with van der Waals surface area (Å²) in [6.45, 7) is 2.26. The molecule has 2 N–H and O–H groups in total. The molecule has 21 heavy (non-hydrogen) atoms. The first kappa shape index (κ1) is 15.9. The molecule has 116 valence electrons. The monoisotopic (exact) mass is 292 g/mol. The molecule has 0 aliphatic carbocycles. The van der Waals surface area contributed by atoms with Crippen LogP contribution in [0.3, 0.4) is 0 Å². The highest BCUT2D eigenvalue weighted by molar-refractivity contribution is 5.94. The molecule has 0 saturated carbocycles. The van der Waals surface area contributed by atoms with Crippen LogP contribution in [-0.2, 0) is 6.61 Å². The van der Waals surface area contributed by atoms with Crippen molar-refractivity contribution in [1.29, 1.82) is 0 Å². The van der Waals surface area contributed by atoms with Gasteiger partial charge in [0.2, 0.25) is 0 Å². The molecule has 1 aliphatic heterocycles. The Hall–Kier alpha value is -1.43. The van der Waals surface area contributed by atoms with E-state index in [0.717, 1.165) is 12.1 Å². The number of hydrogen-bond acceptors (Lipinski definition) is 4. The lowest BCUT2D eigenvalue weighted by molar-refractivity contribution is 0.0779. The fourth-order valence-corrected chi connectivity index (χ4v) is 2.92. The average Bonchev–Trinajstić information content (AvgIpc) is 2.88.